The van der Waals surface area contributed by atoms with Crippen LogP contribution in [-0.2, 0) is 4.79 Å². The van der Waals surface area contributed by atoms with Crippen LogP contribution in [0.15, 0.2) is 0 Å². The first-order valence-electron chi connectivity index (χ1n) is 2.36. The first-order valence-corrected chi connectivity index (χ1v) is 2.36. The van der Waals surface area contributed by atoms with Gasteiger partial charge in [-0.1, -0.05) is 0 Å². The second-order valence-corrected chi connectivity index (χ2v) is 1.82. The molecule has 0 aromatic carbocycles. The monoisotopic (exact) mass is 117 g/mol. The first-order chi connectivity index (χ1) is 3.63. The quantitative estimate of drug-likeness (QED) is 0.327. The third-order valence-corrected chi connectivity index (χ3v) is 1.12. The Balaban J connectivity index is 2.68. The van der Waals surface area contributed by atoms with Crippen LogP contribution in [0.5, 0.6) is 0 Å². The maximum absolute atomic E-state index is 10.3. The Kier molecular flexibility index (Phi) is 0.988. The molecule has 0 bridgehead atoms. The highest BCUT2D eigenvalue weighted by molar-refractivity contribution is 5.84. The van der Waals surface area contributed by atoms with E-state index in [0.717, 1.165) is 0 Å². The molecule has 4 heteroatoms. The van der Waals surface area contributed by atoms with Crippen molar-refractivity contribution >= 4 is 5.91 Å². The standard InChI is InChI=1S/C4H7NO3/c6-3-4(7,8)1-2-5-3/h7-8H,1-2H2,(H,5,6). The molecule has 1 aliphatic heterocycles. The summed E-state index contributed by atoms with van der Waals surface area (Å²) in [5, 5.41) is 19.5. The van der Waals surface area contributed by atoms with Gasteiger partial charge in [0.15, 0.2) is 0 Å². The SMILES string of the molecule is O=C1NCCC1(O)O. The lowest BCUT2D eigenvalue weighted by molar-refractivity contribution is -0.176. The summed E-state index contributed by atoms with van der Waals surface area (Å²) in [5.74, 6) is -2.79. The number of carbonyl (C=O) groups excluding carboxylic acids is 1. The summed E-state index contributed by atoms with van der Waals surface area (Å²) in [6.45, 7) is 0.353. The fourth-order valence-corrected chi connectivity index (χ4v) is 0.605. The van der Waals surface area contributed by atoms with Crippen LogP contribution in [-0.4, -0.2) is 28.5 Å². The summed E-state index contributed by atoms with van der Waals surface area (Å²) in [7, 11) is 0. The average molecular weight is 117 g/mol. The molecule has 0 aliphatic carbocycles. The van der Waals surface area contributed by atoms with Crippen molar-refractivity contribution in [3.8, 4) is 0 Å². The third kappa shape index (κ3) is 0.677. The van der Waals surface area contributed by atoms with Crippen molar-refractivity contribution in [2.24, 2.45) is 0 Å². The predicted molar refractivity (Wildman–Crippen MR) is 24.8 cm³/mol. The maximum Gasteiger partial charge on any atom is 0.280 e. The minimum absolute atomic E-state index is 0.0891. The van der Waals surface area contributed by atoms with Gasteiger partial charge in [0.2, 0.25) is 5.79 Å². The van der Waals surface area contributed by atoms with Crippen molar-refractivity contribution in [3.63, 3.8) is 0 Å². The Bertz CT molecular complexity index is 120. The zero-order chi connectivity index (χ0) is 6.20. The van der Waals surface area contributed by atoms with Crippen molar-refractivity contribution in [1.82, 2.24) is 5.32 Å². The molecular weight excluding hydrogens is 110 g/mol. The summed E-state index contributed by atoms with van der Waals surface area (Å²) in [6.07, 6.45) is 0.0891. The van der Waals surface area contributed by atoms with Gasteiger partial charge >= 0.3 is 0 Å². The van der Waals surface area contributed by atoms with E-state index < -0.39 is 11.7 Å². The largest absolute Gasteiger partial charge is 0.358 e. The van der Waals surface area contributed by atoms with E-state index in [2.05, 4.69) is 5.32 Å². The molecule has 1 saturated heterocycles. The fourth-order valence-electron chi connectivity index (χ4n) is 0.605. The van der Waals surface area contributed by atoms with E-state index in [0.29, 0.717) is 6.54 Å². The molecule has 0 atom stereocenters. The Hall–Kier alpha value is -0.610. The molecule has 0 spiro atoms. The van der Waals surface area contributed by atoms with E-state index in [4.69, 9.17) is 10.2 Å². The normalized spacial score (nSPS) is 25.5. The highest BCUT2D eigenvalue weighted by atomic mass is 16.5. The zero-order valence-electron chi connectivity index (χ0n) is 4.22. The molecule has 1 aliphatic rings. The molecule has 1 rings (SSSR count). The summed E-state index contributed by atoms with van der Waals surface area (Å²) in [5.41, 5.74) is 0. The van der Waals surface area contributed by atoms with Gasteiger partial charge in [-0.3, -0.25) is 4.79 Å². The van der Waals surface area contributed by atoms with E-state index in [1.165, 1.54) is 0 Å². The predicted octanol–water partition coefficient (Wildman–Crippen LogP) is -1.81. The molecule has 0 radical (unpaired) electrons. The minimum Gasteiger partial charge on any atom is -0.358 e. The maximum atomic E-state index is 10.3. The van der Waals surface area contributed by atoms with Gasteiger partial charge in [-0.2, -0.15) is 0 Å². The Labute approximate surface area is 46.1 Å². The molecule has 3 N–H and O–H groups in total. The van der Waals surface area contributed by atoms with Crippen molar-refractivity contribution in [1.29, 1.82) is 0 Å². The average Bonchev–Trinajstić information content (AvgIpc) is 1.86. The van der Waals surface area contributed by atoms with Gasteiger partial charge in [-0.25, -0.2) is 0 Å². The number of nitrogens with one attached hydrogen (secondary N) is 1. The van der Waals surface area contributed by atoms with Gasteiger partial charge in [-0.05, 0) is 0 Å². The summed E-state index contributed by atoms with van der Waals surface area (Å²) in [4.78, 5) is 10.3. The van der Waals surface area contributed by atoms with Gasteiger partial charge in [0, 0.05) is 13.0 Å². The second kappa shape index (κ2) is 1.43. The molecule has 0 unspecified atom stereocenters. The van der Waals surface area contributed by atoms with Gasteiger partial charge in [-0.15, -0.1) is 0 Å². The van der Waals surface area contributed by atoms with Crippen LogP contribution in [0.1, 0.15) is 6.42 Å². The summed E-state index contributed by atoms with van der Waals surface area (Å²) in [6, 6.07) is 0. The van der Waals surface area contributed by atoms with Crippen molar-refractivity contribution in [2.75, 3.05) is 6.54 Å². The van der Waals surface area contributed by atoms with Gasteiger partial charge in [0.1, 0.15) is 0 Å². The van der Waals surface area contributed by atoms with Crippen molar-refractivity contribution < 1.29 is 15.0 Å². The lowest BCUT2D eigenvalue weighted by Crippen LogP contribution is -2.37. The zero-order valence-corrected chi connectivity index (χ0v) is 4.22. The number of hydrogen-bond donors (Lipinski definition) is 3. The third-order valence-electron chi connectivity index (χ3n) is 1.12. The van der Waals surface area contributed by atoms with E-state index in [1.54, 1.807) is 0 Å². The molecule has 1 fully saturated rings. The van der Waals surface area contributed by atoms with Crippen molar-refractivity contribution in [3.05, 3.63) is 0 Å². The number of aliphatic hydroxyl groups is 2. The Morgan fingerprint density at radius 3 is 2.38 bits per heavy atom. The Morgan fingerprint density at radius 1 is 1.62 bits per heavy atom. The summed E-state index contributed by atoms with van der Waals surface area (Å²) >= 11 is 0. The van der Waals surface area contributed by atoms with E-state index >= 15 is 0 Å². The number of amides is 1. The number of hydrogen-bond acceptors (Lipinski definition) is 3. The van der Waals surface area contributed by atoms with E-state index in [-0.39, 0.29) is 6.42 Å². The van der Waals surface area contributed by atoms with Crippen LogP contribution in [0.4, 0.5) is 0 Å². The molecule has 0 saturated carbocycles. The van der Waals surface area contributed by atoms with Crippen LogP contribution in [0.2, 0.25) is 0 Å². The molecule has 0 aromatic heterocycles. The lowest BCUT2D eigenvalue weighted by atomic mass is 10.2. The molecule has 46 valence electrons. The van der Waals surface area contributed by atoms with Crippen molar-refractivity contribution in [2.45, 2.75) is 12.2 Å². The van der Waals surface area contributed by atoms with Crippen LogP contribution in [0.25, 0.3) is 0 Å². The van der Waals surface area contributed by atoms with Crippen LogP contribution < -0.4 is 5.32 Å². The lowest BCUT2D eigenvalue weighted by Gasteiger charge is -2.07. The van der Waals surface area contributed by atoms with Crippen LogP contribution in [0.3, 0.4) is 0 Å². The second-order valence-electron chi connectivity index (χ2n) is 1.82. The smallest absolute Gasteiger partial charge is 0.280 e. The molecule has 1 amide bonds. The number of rotatable bonds is 0. The van der Waals surface area contributed by atoms with Gasteiger partial charge in [0.25, 0.3) is 5.91 Å². The highest BCUT2D eigenvalue weighted by Crippen LogP contribution is 2.09. The topological polar surface area (TPSA) is 69.6 Å². The molecule has 0 aromatic rings. The molecule has 4 nitrogen and oxygen atoms in total. The molecular formula is C4H7NO3. The molecule has 1 heterocycles. The summed E-state index contributed by atoms with van der Waals surface area (Å²) < 4.78 is 0. The van der Waals surface area contributed by atoms with Gasteiger partial charge < -0.3 is 15.5 Å². The minimum atomic E-state index is -2.10. The van der Waals surface area contributed by atoms with Gasteiger partial charge in [0.05, 0.1) is 0 Å². The van der Waals surface area contributed by atoms with E-state index in [1.807, 2.05) is 0 Å². The number of carbonyl (C=O) groups is 1. The molecule has 8 heavy (non-hydrogen) atoms. The van der Waals surface area contributed by atoms with E-state index in [9.17, 15) is 4.79 Å². The fraction of sp³-hybridized carbons (Fsp3) is 0.750. The Morgan fingerprint density at radius 2 is 2.25 bits per heavy atom. The van der Waals surface area contributed by atoms with Crippen LogP contribution >= 0.6 is 0 Å². The highest BCUT2D eigenvalue weighted by Gasteiger charge is 2.37. The van der Waals surface area contributed by atoms with Crippen LogP contribution in [0, 0.1) is 0 Å². The first kappa shape index (κ1) is 5.53.